The van der Waals surface area contributed by atoms with Crippen molar-refractivity contribution in [2.45, 2.75) is 85.2 Å². The molecule has 4 aliphatic rings. The lowest BCUT2D eigenvalue weighted by atomic mass is 9.46. The number of likely N-dealkylation sites (N-methyl/N-ethyl adjacent to an activating group) is 1. The van der Waals surface area contributed by atoms with Gasteiger partial charge in [0.15, 0.2) is 0 Å². The van der Waals surface area contributed by atoms with Gasteiger partial charge in [-0.25, -0.2) is 9.18 Å². The van der Waals surface area contributed by atoms with Crippen molar-refractivity contribution in [3.63, 3.8) is 0 Å². The minimum atomic E-state index is -0.594. The summed E-state index contributed by atoms with van der Waals surface area (Å²) >= 11 is 0. The molecule has 0 radical (unpaired) electrons. The molecule has 198 valence electrons. The minimum absolute atomic E-state index is 0.0251. The fourth-order valence-corrected chi connectivity index (χ4v) is 8.42. The summed E-state index contributed by atoms with van der Waals surface area (Å²) < 4.78 is 13.0. The number of fused-ring (bicyclic) bond motifs is 5. The lowest BCUT2D eigenvalue weighted by Crippen LogP contribution is -2.51. The molecule has 0 aromatic rings. The number of aliphatic hydroxyl groups is 1. The zero-order valence-corrected chi connectivity index (χ0v) is 22.2. The van der Waals surface area contributed by atoms with Gasteiger partial charge in [-0.2, -0.15) is 0 Å². The summed E-state index contributed by atoms with van der Waals surface area (Å²) in [6.07, 6.45) is 10.4. The smallest absolute Gasteiger partial charge is 0.389 e. The second kappa shape index (κ2) is 10.9. The van der Waals surface area contributed by atoms with Gasteiger partial charge in [0.2, 0.25) is 0 Å². The number of carbonyl (C=O) groups excluding carboxylic acids is 1. The molecule has 35 heavy (non-hydrogen) atoms. The van der Waals surface area contributed by atoms with Gasteiger partial charge >= 0.3 is 6.09 Å². The minimum Gasteiger partial charge on any atom is -0.389 e. The highest BCUT2D eigenvalue weighted by Crippen LogP contribution is 2.66. The van der Waals surface area contributed by atoms with E-state index in [4.69, 9.17) is 4.84 Å². The molecular formula is C28H46FN3O3. The largest absolute Gasteiger partial charge is 0.436 e. The maximum atomic E-state index is 13.0. The zero-order valence-electron chi connectivity index (χ0n) is 22.2. The number of nitrogens with zero attached hydrogens (tertiary/aromatic N) is 2. The number of amides is 1. The van der Waals surface area contributed by atoms with Crippen LogP contribution >= 0.6 is 0 Å². The van der Waals surface area contributed by atoms with Crippen molar-refractivity contribution in [1.29, 1.82) is 0 Å². The zero-order chi connectivity index (χ0) is 25.2. The summed E-state index contributed by atoms with van der Waals surface area (Å²) in [5.41, 5.74) is 2.83. The van der Waals surface area contributed by atoms with Crippen molar-refractivity contribution in [2.75, 3.05) is 32.9 Å². The van der Waals surface area contributed by atoms with Crippen LogP contribution in [0.1, 0.15) is 79.1 Å². The Bertz CT molecular complexity index is 832. The summed E-state index contributed by atoms with van der Waals surface area (Å²) in [5.74, 6) is 2.40. The third kappa shape index (κ3) is 5.04. The van der Waals surface area contributed by atoms with E-state index in [1.54, 1.807) is 0 Å². The third-order valence-corrected chi connectivity index (χ3v) is 10.3. The average molecular weight is 492 g/mol. The highest BCUT2D eigenvalue weighted by Gasteiger charge is 2.59. The van der Waals surface area contributed by atoms with Crippen LogP contribution in [0.4, 0.5) is 9.18 Å². The van der Waals surface area contributed by atoms with Crippen molar-refractivity contribution >= 4 is 11.8 Å². The molecule has 0 bridgehead atoms. The first-order valence-corrected chi connectivity index (χ1v) is 13.9. The topological polar surface area (TPSA) is 74.2 Å². The molecule has 7 heteroatoms. The predicted octanol–water partition coefficient (Wildman–Crippen LogP) is 5.32. The predicted molar refractivity (Wildman–Crippen MR) is 137 cm³/mol. The van der Waals surface area contributed by atoms with Crippen molar-refractivity contribution < 1.29 is 19.1 Å². The Morgan fingerprint density at radius 2 is 2.00 bits per heavy atom. The number of carbonyl (C=O) groups is 1. The van der Waals surface area contributed by atoms with E-state index in [-0.39, 0.29) is 23.5 Å². The Morgan fingerprint density at radius 1 is 1.20 bits per heavy atom. The number of allylic oxidation sites excluding steroid dienone is 1. The molecule has 4 aliphatic carbocycles. The van der Waals surface area contributed by atoms with Crippen LogP contribution in [0.25, 0.3) is 0 Å². The molecule has 0 unspecified atom stereocenters. The number of aliphatic hydroxyl groups excluding tert-OH is 1. The Balaban J connectivity index is 1.43. The molecule has 2 N–H and O–H groups in total. The van der Waals surface area contributed by atoms with Gasteiger partial charge < -0.3 is 15.3 Å². The molecule has 3 fully saturated rings. The lowest BCUT2D eigenvalue weighted by Gasteiger charge is -2.58. The quantitative estimate of drug-likeness (QED) is 0.158. The standard InChI is InChI=1S/C28H46FN3O3/c1-5-30-15-17-32(16-14-29)26(34)35-31-19(2)23-8-9-24-22-7-6-20-18-21(33)10-12-27(20,3)25(22)11-13-28(23,24)4/h18,21-25,30,33H,5-17H2,1-4H3/b31-19+/t21-,22+,23-,24+,25+,27+,28-/m1/s1. The Labute approximate surface area is 210 Å². The molecule has 0 spiro atoms. The van der Waals surface area contributed by atoms with Gasteiger partial charge in [-0.3, -0.25) is 4.84 Å². The van der Waals surface area contributed by atoms with Crippen LogP contribution in [-0.4, -0.2) is 60.8 Å². The number of alkyl halides is 1. The van der Waals surface area contributed by atoms with Crippen LogP contribution < -0.4 is 5.32 Å². The summed E-state index contributed by atoms with van der Waals surface area (Å²) in [6, 6.07) is 0. The van der Waals surface area contributed by atoms with Crippen LogP contribution in [0, 0.1) is 34.5 Å². The van der Waals surface area contributed by atoms with E-state index >= 15 is 0 Å². The molecule has 0 aromatic carbocycles. The molecule has 7 atom stereocenters. The van der Waals surface area contributed by atoms with Crippen LogP contribution in [0.2, 0.25) is 0 Å². The van der Waals surface area contributed by atoms with Gasteiger partial charge in [-0.1, -0.05) is 37.6 Å². The van der Waals surface area contributed by atoms with Gasteiger partial charge in [-0.15, -0.1) is 0 Å². The molecule has 6 nitrogen and oxygen atoms in total. The van der Waals surface area contributed by atoms with Crippen LogP contribution in [0.15, 0.2) is 16.8 Å². The Kier molecular flexibility index (Phi) is 8.26. The van der Waals surface area contributed by atoms with Gasteiger partial charge in [0.25, 0.3) is 0 Å². The van der Waals surface area contributed by atoms with Gasteiger partial charge in [0, 0.05) is 19.0 Å². The first kappa shape index (κ1) is 26.6. The summed E-state index contributed by atoms with van der Waals surface area (Å²) in [6.45, 7) is 10.1. The number of oxime groups is 1. The third-order valence-electron chi connectivity index (χ3n) is 10.3. The molecule has 3 saturated carbocycles. The van der Waals surface area contributed by atoms with Gasteiger partial charge in [0.05, 0.1) is 18.4 Å². The number of halogens is 1. The highest BCUT2D eigenvalue weighted by molar-refractivity contribution is 5.85. The Morgan fingerprint density at radius 3 is 2.74 bits per heavy atom. The van der Waals surface area contributed by atoms with Crippen molar-refractivity contribution in [1.82, 2.24) is 10.2 Å². The van der Waals surface area contributed by atoms with Gasteiger partial charge in [-0.05, 0) is 93.4 Å². The molecular weight excluding hydrogens is 445 g/mol. The first-order valence-electron chi connectivity index (χ1n) is 13.9. The SMILES string of the molecule is CCNCCN(CCF)C(=O)O/N=C(\C)[C@H]1CC[C@H]2[C@@H]3CCC4=C[C@H](O)CC[C@]4(C)[C@H]3CC[C@]12C. The maximum absolute atomic E-state index is 13.0. The van der Waals surface area contributed by atoms with E-state index in [2.05, 4.69) is 30.4 Å². The summed E-state index contributed by atoms with van der Waals surface area (Å²) in [7, 11) is 0. The van der Waals surface area contributed by atoms with E-state index in [0.29, 0.717) is 30.8 Å². The van der Waals surface area contributed by atoms with E-state index in [0.717, 1.165) is 43.9 Å². The van der Waals surface area contributed by atoms with Crippen molar-refractivity contribution in [3.8, 4) is 0 Å². The molecule has 4 rings (SSSR count). The molecule has 0 heterocycles. The van der Waals surface area contributed by atoms with Crippen molar-refractivity contribution in [2.24, 2.45) is 39.7 Å². The fourth-order valence-electron chi connectivity index (χ4n) is 8.42. The maximum Gasteiger partial charge on any atom is 0.436 e. The molecule has 0 aliphatic heterocycles. The summed E-state index contributed by atoms with van der Waals surface area (Å²) in [4.78, 5) is 19.3. The van der Waals surface area contributed by atoms with E-state index < -0.39 is 12.8 Å². The van der Waals surface area contributed by atoms with Crippen molar-refractivity contribution in [3.05, 3.63) is 11.6 Å². The normalized spacial score (nSPS) is 38.7. The highest BCUT2D eigenvalue weighted by atomic mass is 19.1. The van der Waals surface area contributed by atoms with Gasteiger partial charge in [0.1, 0.15) is 6.67 Å². The fraction of sp³-hybridized carbons (Fsp3) is 0.857. The van der Waals surface area contributed by atoms with E-state index in [1.807, 2.05) is 13.8 Å². The molecule has 1 amide bonds. The second-order valence-corrected chi connectivity index (χ2v) is 11.9. The number of nitrogens with one attached hydrogen (secondary N) is 1. The second-order valence-electron chi connectivity index (χ2n) is 11.9. The molecule has 0 saturated heterocycles. The van der Waals surface area contributed by atoms with Crippen LogP contribution in [0.3, 0.4) is 0 Å². The van der Waals surface area contributed by atoms with Crippen LogP contribution in [-0.2, 0) is 4.84 Å². The molecule has 0 aromatic heterocycles. The number of hydrogen-bond donors (Lipinski definition) is 2. The average Bonchev–Trinajstić information content (AvgIpc) is 3.19. The first-order chi connectivity index (χ1) is 16.7. The Hall–Kier alpha value is -1.47. The monoisotopic (exact) mass is 491 g/mol. The number of hydrogen-bond acceptors (Lipinski definition) is 5. The van der Waals surface area contributed by atoms with E-state index in [1.165, 1.54) is 36.2 Å². The summed E-state index contributed by atoms with van der Waals surface area (Å²) in [5, 5.41) is 17.7. The van der Waals surface area contributed by atoms with Crippen LogP contribution in [0.5, 0.6) is 0 Å². The number of rotatable bonds is 8. The van der Waals surface area contributed by atoms with E-state index in [9.17, 15) is 14.3 Å². The lowest BCUT2D eigenvalue weighted by molar-refractivity contribution is -0.0479.